The van der Waals surface area contributed by atoms with Crippen LogP contribution in [0.2, 0.25) is 5.02 Å². The maximum Gasteiger partial charge on any atom is 0.126 e. The smallest absolute Gasteiger partial charge is 0.126 e. The summed E-state index contributed by atoms with van der Waals surface area (Å²) in [5.74, 6) is -1.12. The molecule has 0 aliphatic carbocycles. The molecule has 0 saturated carbocycles. The van der Waals surface area contributed by atoms with Gasteiger partial charge in [0.15, 0.2) is 0 Å². The summed E-state index contributed by atoms with van der Waals surface area (Å²) >= 11 is 5.96. The number of rotatable bonds is 5. The molecule has 0 amide bonds. The monoisotopic (exact) mass is 295 g/mol. The van der Waals surface area contributed by atoms with Gasteiger partial charge in [0, 0.05) is 17.1 Å². The Balaban J connectivity index is 2.26. The zero-order valence-electron chi connectivity index (χ0n) is 11.2. The van der Waals surface area contributed by atoms with E-state index >= 15 is 0 Å². The van der Waals surface area contributed by atoms with Crippen LogP contribution in [-0.4, -0.2) is 6.54 Å². The van der Waals surface area contributed by atoms with Crippen LogP contribution in [0.5, 0.6) is 0 Å². The second kappa shape index (κ2) is 6.82. The Labute approximate surface area is 122 Å². The van der Waals surface area contributed by atoms with E-state index in [1.54, 1.807) is 6.07 Å². The first-order valence-electron chi connectivity index (χ1n) is 6.52. The van der Waals surface area contributed by atoms with E-state index in [-0.39, 0.29) is 6.04 Å². The molecule has 0 saturated heterocycles. The minimum atomic E-state index is -0.561. The van der Waals surface area contributed by atoms with Gasteiger partial charge in [-0.3, -0.25) is 0 Å². The predicted molar refractivity (Wildman–Crippen MR) is 77.9 cm³/mol. The van der Waals surface area contributed by atoms with Crippen LogP contribution < -0.4 is 5.32 Å². The van der Waals surface area contributed by atoms with E-state index < -0.39 is 11.6 Å². The average molecular weight is 296 g/mol. The quantitative estimate of drug-likeness (QED) is 0.855. The Bertz CT molecular complexity index is 566. The normalized spacial score (nSPS) is 12.4. The third-order valence-electron chi connectivity index (χ3n) is 3.07. The van der Waals surface area contributed by atoms with E-state index in [0.717, 1.165) is 11.6 Å². The molecule has 2 rings (SSSR count). The van der Waals surface area contributed by atoms with Gasteiger partial charge in [0.25, 0.3) is 0 Å². The van der Waals surface area contributed by atoms with Crippen LogP contribution in [0.3, 0.4) is 0 Å². The molecule has 0 radical (unpaired) electrons. The third-order valence-corrected chi connectivity index (χ3v) is 3.30. The van der Waals surface area contributed by atoms with Crippen molar-refractivity contribution in [2.24, 2.45) is 0 Å². The van der Waals surface area contributed by atoms with E-state index in [2.05, 4.69) is 5.32 Å². The van der Waals surface area contributed by atoms with Crippen molar-refractivity contribution in [1.29, 1.82) is 0 Å². The van der Waals surface area contributed by atoms with Gasteiger partial charge in [0.1, 0.15) is 11.6 Å². The fourth-order valence-corrected chi connectivity index (χ4v) is 2.44. The summed E-state index contributed by atoms with van der Waals surface area (Å²) < 4.78 is 26.7. The van der Waals surface area contributed by atoms with E-state index in [4.69, 9.17) is 11.6 Å². The number of likely N-dealkylation sites (N-methyl/N-ethyl adjacent to an activating group) is 1. The molecule has 0 fully saturated rings. The lowest BCUT2D eigenvalue weighted by molar-refractivity contribution is 0.529. The minimum absolute atomic E-state index is 0.149. The topological polar surface area (TPSA) is 12.0 Å². The lowest BCUT2D eigenvalue weighted by Gasteiger charge is -2.19. The molecular weight excluding hydrogens is 280 g/mol. The standard InChI is InChI=1S/C16H16ClF2N/c1-2-20-16(7-11-4-3-5-13(17)6-11)12-8-14(18)10-15(19)9-12/h3-6,8-10,16,20H,2,7H2,1H3. The van der Waals surface area contributed by atoms with Crippen LogP contribution in [0, 0.1) is 11.6 Å². The highest BCUT2D eigenvalue weighted by molar-refractivity contribution is 6.30. The van der Waals surface area contributed by atoms with Crippen LogP contribution in [-0.2, 0) is 6.42 Å². The van der Waals surface area contributed by atoms with Crippen LogP contribution in [0.15, 0.2) is 42.5 Å². The van der Waals surface area contributed by atoms with Crippen molar-refractivity contribution >= 4 is 11.6 Å². The Morgan fingerprint density at radius 3 is 2.40 bits per heavy atom. The van der Waals surface area contributed by atoms with Crippen molar-refractivity contribution < 1.29 is 8.78 Å². The van der Waals surface area contributed by atoms with E-state index in [9.17, 15) is 8.78 Å². The van der Waals surface area contributed by atoms with Crippen molar-refractivity contribution in [3.8, 4) is 0 Å². The zero-order chi connectivity index (χ0) is 14.5. The number of hydrogen-bond donors (Lipinski definition) is 1. The number of hydrogen-bond acceptors (Lipinski definition) is 1. The van der Waals surface area contributed by atoms with Gasteiger partial charge in [-0.05, 0) is 48.4 Å². The van der Waals surface area contributed by atoms with Gasteiger partial charge < -0.3 is 5.32 Å². The molecule has 0 bridgehead atoms. The van der Waals surface area contributed by atoms with E-state index in [0.29, 0.717) is 23.6 Å². The Morgan fingerprint density at radius 1 is 1.10 bits per heavy atom. The Morgan fingerprint density at radius 2 is 1.80 bits per heavy atom. The predicted octanol–water partition coefficient (Wildman–Crippen LogP) is 4.51. The molecule has 0 spiro atoms. The van der Waals surface area contributed by atoms with E-state index in [1.807, 2.05) is 25.1 Å². The Kier molecular flexibility index (Phi) is 5.10. The van der Waals surface area contributed by atoms with Gasteiger partial charge in [-0.1, -0.05) is 30.7 Å². The zero-order valence-corrected chi connectivity index (χ0v) is 11.9. The first kappa shape index (κ1) is 14.9. The minimum Gasteiger partial charge on any atom is -0.310 e. The molecule has 0 heterocycles. The highest BCUT2D eigenvalue weighted by atomic mass is 35.5. The van der Waals surface area contributed by atoms with Crippen LogP contribution in [0.1, 0.15) is 24.1 Å². The van der Waals surface area contributed by atoms with Gasteiger partial charge in [0.05, 0.1) is 0 Å². The van der Waals surface area contributed by atoms with Crippen LogP contribution in [0.4, 0.5) is 8.78 Å². The summed E-state index contributed by atoms with van der Waals surface area (Å²) in [4.78, 5) is 0. The summed E-state index contributed by atoms with van der Waals surface area (Å²) in [6.45, 7) is 2.67. The third kappa shape index (κ3) is 4.02. The first-order chi connectivity index (χ1) is 9.58. The number of halogens is 3. The number of nitrogens with one attached hydrogen (secondary N) is 1. The van der Waals surface area contributed by atoms with Gasteiger partial charge in [-0.2, -0.15) is 0 Å². The maximum absolute atomic E-state index is 13.3. The SMILES string of the molecule is CCNC(Cc1cccc(Cl)c1)c1cc(F)cc(F)c1. The molecule has 20 heavy (non-hydrogen) atoms. The molecule has 1 unspecified atom stereocenters. The molecule has 0 aromatic heterocycles. The summed E-state index contributed by atoms with van der Waals surface area (Å²) in [6, 6.07) is 10.9. The summed E-state index contributed by atoms with van der Waals surface area (Å²) in [5.41, 5.74) is 1.62. The molecule has 2 aromatic rings. The van der Waals surface area contributed by atoms with Crippen LogP contribution in [0.25, 0.3) is 0 Å². The van der Waals surface area contributed by atoms with Crippen molar-refractivity contribution in [2.75, 3.05) is 6.54 Å². The van der Waals surface area contributed by atoms with Crippen molar-refractivity contribution in [2.45, 2.75) is 19.4 Å². The molecule has 1 N–H and O–H groups in total. The molecule has 2 aromatic carbocycles. The fourth-order valence-electron chi connectivity index (χ4n) is 2.23. The lowest BCUT2D eigenvalue weighted by atomic mass is 9.98. The molecule has 4 heteroatoms. The van der Waals surface area contributed by atoms with Crippen molar-refractivity contribution in [3.05, 3.63) is 70.2 Å². The molecule has 0 aliphatic heterocycles. The summed E-state index contributed by atoms with van der Waals surface area (Å²) in [5, 5.41) is 3.90. The van der Waals surface area contributed by atoms with Crippen molar-refractivity contribution in [3.63, 3.8) is 0 Å². The van der Waals surface area contributed by atoms with Gasteiger partial charge in [-0.15, -0.1) is 0 Å². The lowest BCUT2D eigenvalue weighted by Crippen LogP contribution is -2.23. The second-order valence-electron chi connectivity index (χ2n) is 4.65. The average Bonchev–Trinajstić information content (AvgIpc) is 2.37. The molecule has 106 valence electrons. The number of benzene rings is 2. The van der Waals surface area contributed by atoms with Gasteiger partial charge in [-0.25, -0.2) is 8.78 Å². The highest BCUT2D eigenvalue weighted by Gasteiger charge is 2.13. The fraction of sp³-hybridized carbons (Fsp3) is 0.250. The first-order valence-corrected chi connectivity index (χ1v) is 6.90. The van der Waals surface area contributed by atoms with Crippen molar-refractivity contribution in [1.82, 2.24) is 5.32 Å². The molecule has 1 atom stereocenters. The molecule has 1 nitrogen and oxygen atoms in total. The van der Waals surface area contributed by atoms with Gasteiger partial charge in [0.2, 0.25) is 0 Å². The summed E-state index contributed by atoms with van der Waals surface area (Å²) in [7, 11) is 0. The highest BCUT2D eigenvalue weighted by Crippen LogP contribution is 2.22. The molecular formula is C16H16ClF2N. The largest absolute Gasteiger partial charge is 0.310 e. The van der Waals surface area contributed by atoms with E-state index in [1.165, 1.54) is 12.1 Å². The Hall–Kier alpha value is -1.45. The second-order valence-corrected chi connectivity index (χ2v) is 5.08. The van der Waals surface area contributed by atoms with Gasteiger partial charge >= 0.3 is 0 Å². The van der Waals surface area contributed by atoms with Crippen LogP contribution >= 0.6 is 11.6 Å². The molecule has 0 aliphatic rings. The summed E-state index contributed by atoms with van der Waals surface area (Å²) in [6.07, 6.45) is 0.622. The maximum atomic E-state index is 13.3.